The van der Waals surface area contributed by atoms with E-state index in [1.165, 1.54) is 11.8 Å². The van der Waals surface area contributed by atoms with E-state index >= 15 is 0 Å². The lowest BCUT2D eigenvalue weighted by molar-refractivity contribution is -0.204. The molecule has 1 saturated heterocycles. The molecule has 0 saturated carbocycles. The average Bonchev–Trinajstić information content (AvgIpc) is 2.86. The van der Waals surface area contributed by atoms with Gasteiger partial charge in [-0.15, -0.1) is 0 Å². The molecule has 3 aromatic rings. The standard InChI is InChI=1S/C28H34O5SSi/c1-28(2,3)35(21-15-9-5-10-16-21,22-17-11-6-12-18-22)32-19-23-24(29)25(30)26(31)27(33-23)34-20-13-7-4-8-14-20/h4-18,23-27,29-31H,19H2,1-3H3/t23-,24-,25+,26+,27+/m1/s1. The van der Waals surface area contributed by atoms with Crippen molar-refractivity contribution < 1.29 is 24.5 Å². The van der Waals surface area contributed by atoms with E-state index < -0.39 is 38.2 Å². The van der Waals surface area contributed by atoms with Crippen molar-refractivity contribution in [1.29, 1.82) is 0 Å². The van der Waals surface area contributed by atoms with Gasteiger partial charge in [0.15, 0.2) is 0 Å². The van der Waals surface area contributed by atoms with Crippen LogP contribution in [0.1, 0.15) is 20.8 Å². The molecule has 7 heteroatoms. The fourth-order valence-corrected chi connectivity index (χ4v) is 10.4. The van der Waals surface area contributed by atoms with Gasteiger partial charge < -0.3 is 24.5 Å². The largest absolute Gasteiger partial charge is 0.405 e. The molecule has 3 N–H and O–H groups in total. The predicted molar refractivity (Wildman–Crippen MR) is 143 cm³/mol. The lowest BCUT2D eigenvalue weighted by Crippen LogP contribution is -2.68. The normalized spacial score (nSPS) is 25.4. The summed E-state index contributed by atoms with van der Waals surface area (Å²) in [5.41, 5.74) is -0.733. The summed E-state index contributed by atoms with van der Waals surface area (Å²) in [6, 6.07) is 30.1. The van der Waals surface area contributed by atoms with Crippen LogP contribution < -0.4 is 10.4 Å². The molecule has 5 nitrogen and oxygen atoms in total. The number of aliphatic hydroxyl groups excluding tert-OH is 3. The third kappa shape index (κ3) is 5.41. The van der Waals surface area contributed by atoms with Crippen LogP contribution in [0.25, 0.3) is 0 Å². The molecule has 35 heavy (non-hydrogen) atoms. The molecule has 0 aliphatic carbocycles. The Morgan fingerprint density at radius 1 is 0.743 bits per heavy atom. The van der Waals surface area contributed by atoms with Crippen molar-refractivity contribution in [3.63, 3.8) is 0 Å². The first-order chi connectivity index (χ1) is 16.7. The Hall–Kier alpha value is -1.97. The quantitative estimate of drug-likeness (QED) is 0.424. The maximum Gasteiger partial charge on any atom is 0.261 e. The van der Waals surface area contributed by atoms with Gasteiger partial charge in [0.2, 0.25) is 0 Å². The minimum Gasteiger partial charge on any atom is -0.405 e. The van der Waals surface area contributed by atoms with Crippen molar-refractivity contribution in [2.45, 2.75) is 60.6 Å². The maximum atomic E-state index is 10.8. The third-order valence-corrected chi connectivity index (χ3v) is 12.7. The van der Waals surface area contributed by atoms with Crippen LogP contribution in [0.3, 0.4) is 0 Å². The lowest BCUT2D eigenvalue weighted by Gasteiger charge is -2.45. The summed E-state index contributed by atoms with van der Waals surface area (Å²) < 4.78 is 13.1. The number of hydrogen-bond donors (Lipinski definition) is 3. The summed E-state index contributed by atoms with van der Waals surface area (Å²) in [5, 5.41) is 34.1. The number of hydrogen-bond acceptors (Lipinski definition) is 6. The summed E-state index contributed by atoms with van der Waals surface area (Å²) >= 11 is 1.33. The van der Waals surface area contributed by atoms with Crippen molar-refractivity contribution >= 4 is 30.5 Å². The van der Waals surface area contributed by atoms with Gasteiger partial charge in [-0.2, -0.15) is 0 Å². The van der Waals surface area contributed by atoms with Crippen LogP contribution in [0.5, 0.6) is 0 Å². The SMILES string of the molecule is CC(C)(C)[Si](OC[C@H]1O[C@@H](Sc2ccccc2)[C@@H](O)[C@@H](O)[C@@H]1O)(c1ccccc1)c1ccccc1. The first-order valence-corrected chi connectivity index (χ1v) is 14.7. The monoisotopic (exact) mass is 510 g/mol. The summed E-state index contributed by atoms with van der Waals surface area (Å²) in [5.74, 6) is 0. The molecule has 0 bridgehead atoms. The highest BCUT2D eigenvalue weighted by molar-refractivity contribution is 7.99. The van der Waals surface area contributed by atoms with Gasteiger partial charge in [-0.1, -0.05) is 111 Å². The fraction of sp³-hybridized carbons (Fsp3) is 0.357. The maximum absolute atomic E-state index is 10.8. The van der Waals surface area contributed by atoms with Gasteiger partial charge in [0, 0.05) is 4.90 Å². The molecule has 0 unspecified atom stereocenters. The van der Waals surface area contributed by atoms with E-state index in [1.807, 2.05) is 66.7 Å². The third-order valence-electron chi connectivity index (χ3n) is 6.54. The van der Waals surface area contributed by atoms with Crippen LogP contribution >= 0.6 is 11.8 Å². The molecule has 186 valence electrons. The van der Waals surface area contributed by atoms with Crippen molar-refractivity contribution in [3.8, 4) is 0 Å². The first-order valence-electron chi connectivity index (χ1n) is 11.9. The van der Waals surface area contributed by atoms with E-state index in [2.05, 4.69) is 45.0 Å². The smallest absolute Gasteiger partial charge is 0.261 e. The van der Waals surface area contributed by atoms with Crippen LogP contribution in [-0.2, 0) is 9.16 Å². The highest BCUT2D eigenvalue weighted by Gasteiger charge is 2.52. The van der Waals surface area contributed by atoms with E-state index in [9.17, 15) is 15.3 Å². The van der Waals surface area contributed by atoms with Crippen molar-refractivity contribution in [3.05, 3.63) is 91.0 Å². The molecule has 0 aromatic heterocycles. The second-order valence-corrected chi connectivity index (χ2v) is 15.4. The van der Waals surface area contributed by atoms with E-state index in [1.54, 1.807) is 0 Å². The minimum absolute atomic E-state index is 0.0874. The summed E-state index contributed by atoms with van der Waals surface area (Å²) in [4.78, 5) is 0.909. The average molecular weight is 511 g/mol. The zero-order chi connectivity index (χ0) is 25.1. The van der Waals surface area contributed by atoms with E-state index in [-0.39, 0.29) is 11.6 Å². The molecule has 3 aromatic carbocycles. The van der Waals surface area contributed by atoms with Crippen molar-refractivity contribution in [1.82, 2.24) is 0 Å². The van der Waals surface area contributed by atoms with Crippen LogP contribution in [-0.4, -0.2) is 60.1 Å². The lowest BCUT2D eigenvalue weighted by atomic mass is 10.0. The Morgan fingerprint density at radius 3 is 1.71 bits per heavy atom. The van der Waals surface area contributed by atoms with Gasteiger partial charge in [-0.3, -0.25) is 0 Å². The molecule has 1 aliphatic heterocycles. The van der Waals surface area contributed by atoms with E-state index in [4.69, 9.17) is 9.16 Å². The van der Waals surface area contributed by atoms with Gasteiger partial charge in [-0.05, 0) is 27.5 Å². The van der Waals surface area contributed by atoms with Gasteiger partial charge in [0.25, 0.3) is 8.32 Å². The van der Waals surface area contributed by atoms with Crippen LogP contribution in [0.15, 0.2) is 95.9 Å². The molecule has 1 aliphatic rings. The zero-order valence-electron chi connectivity index (χ0n) is 20.3. The number of ether oxygens (including phenoxy) is 1. The molecule has 0 amide bonds. The second kappa shape index (κ2) is 11.0. The molecule has 1 heterocycles. The minimum atomic E-state index is -2.84. The summed E-state index contributed by atoms with van der Waals surface area (Å²) in [7, 11) is -2.84. The first kappa shape index (κ1) is 26.1. The van der Waals surface area contributed by atoms with Crippen LogP contribution in [0.2, 0.25) is 5.04 Å². The van der Waals surface area contributed by atoms with Gasteiger partial charge >= 0.3 is 0 Å². The summed E-state index contributed by atoms with van der Waals surface area (Å²) in [6.45, 7) is 6.64. The van der Waals surface area contributed by atoms with Gasteiger partial charge in [-0.25, -0.2) is 0 Å². The molecule has 1 fully saturated rings. The van der Waals surface area contributed by atoms with Gasteiger partial charge in [0.05, 0.1) is 6.61 Å². The molecule has 4 rings (SSSR count). The Balaban J connectivity index is 1.65. The number of rotatable bonds is 7. The highest BCUT2D eigenvalue weighted by atomic mass is 32.2. The fourth-order valence-electron chi connectivity index (χ4n) is 4.75. The zero-order valence-corrected chi connectivity index (χ0v) is 22.1. The molecular formula is C28H34O5SSi. The molecular weight excluding hydrogens is 476 g/mol. The molecule has 0 spiro atoms. The van der Waals surface area contributed by atoms with Crippen LogP contribution in [0, 0.1) is 0 Å². The summed E-state index contributed by atoms with van der Waals surface area (Å²) in [6.07, 6.45) is -4.62. The Bertz CT molecular complexity index is 1020. The van der Waals surface area contributed by atoms with Crippen molar-refractivity contribution in [2.75, 3.05) is 6.61 Å². The van der Waals surface area contributed by atoms with E-state index in [0.717, 1.165) is 15.3 Å². The number of thioether (sulfide) groups is 1. The number of benzene rings is 3. The van der Waals surface area contributed by atoms with Gasteiger partial charge in [0.1, 0.15) is 29.9 Å². The van der Waals surface area contributed by atoms with E-state index in [0.29, 0.717) is 0 Å². The Morgan fingerprint density at radius 2 is 1.23 bits per heavy atom. The number of aliphatic hydroxyl groups is 3. The van der Waals surface area contributed by atoms with Crippen LogP contribution in [0.4, 0.5) is 0 Å². The molecule has 0 radical (unpaired) electrons. The Labute approximate surface area is 212 Å². The Kier molecular flexibility index (Phi) is 8.18. The van der Waals surface area contributed by atoms with Crippen molar-refractivity contribution in [2.24, 2.45) is 0 Å². The predicted octanol–water partition coefficient (Wildman–Crippen LogP) is 3.16. The molecule has 5 atom stereocenters. The highest BCUT2D eigenvalue weighted by Crippen LogP contribution is 2.38. The second-order valence-electron chi connectivity index (χ2n) is 9.92. The topological polar surface area (TPSA) is 79.2 Å².